The average Bonchev–Trinajstić information content (AvgIpc) is 2.53. The minimum absolute atomic E-state index is 0.182. The quantitative estimate of drug-likeness (QED) is 0.433. The van der Waals surface area contributed by atoms with Crippen LogP contribution in [0, 0.1) is 0 Å². The van der Waals surface area contributed by atoms with E-state index in [1.165, 1.54) is 4.90 Å². The molecule has 0 aromatic heterocycles. The molecular weight excluding hydrogens is 322 g/mol. The number of nitrogens with zero attached hydrogens (tertiary/aromatic N) is 1. The van der Waals surface area contributed by atoms with Gasteiger partial charge >= 0.3 is 10.3 Å². The van der Waals surface area contributed by atoms with Crippen molar-refractivity contribution >= 4 is 16.0 Å². The Kier molecular flexibility index (Phi) is 6.19. The topological polar surface area (TPSA) is 104 Å². The molecule has 2 rings (SSSR count). The van der Waals surface area contributed by atoms with Crippen LogP contribution in [0.3, 0.4) is 0 Å². The lowest BCUT2D eigenvalue weighted by Crippen LogP contribution is -3.16. The number of anilines is 1. The highest BCUT2D eigenvalue weighted by Gasteiger charge is 2.24. The van der Waals surface area contributed by atoms with Crippen molar-refractivity contribution in [1.82, 2.24) is 4.72 Å². The molecule has 0 unspecified atom stereocenters. The van der Waals surface area contributed by atoms with Crippen molar-refractivity contribution in [2.75, 3.05) is 51.3 Å². The Bertz CT molecular complexity index is 602. The molecule has 0 bridgehead atoms. The van der Waals surface area contributed by atoms with Gasteiger partial charge in [-0.15, -0.1) is 0 Å². The van der Waals surface area contributed by atoms with E-state index in [4.69, 9.17) is 9.29 Å². The summed E-state index contributed by atoms with van der Waals surface area (Å²) in [5, 5.41) is 9.84. The van der Waals surface area contributed by atoms with Crippen LogP contribution in [0.25, 0.3) is 0 Å². The Morgan fingerprint density at radius 2 is 2.00 bits per heavy atom. The van der Waals surface area contributed by atoms with Gasteiger partial charge in [-0.05, 0) is 12.1 Å². The number of para-hydroxylation sites is 2. The normalized spacial score (nSPS) is 18.0. The Morgan fingerprint density at radius 3 is 2.61 bits per heavy atom. The molecule has 4 N–H and O–H groups in total. The van der Waals surface area contributed by atoms with Crippen molar-refractivity contribution in [3.8, 4) is 5.75 Å². The van der Waals surface area contributed by atoms with Crippen LogP contribution < -0.4 is 19.3 Å². The summed E-state index contributed by atoms with van der Waals surface area (Å²) in [6.45, 7) is 3.57. The zero-order valence-corrected chi connectivity index (χ0v) is 13.9. The number of aliphatic hydroxyl groups is 1. The Labute approximate surface area is 136 Å². The molecule has 23 heavy (non-hydrogen) atoms. The number of benzene rings is 1. The van der Waals surface area contributed by atoms with E-state index in [9.17, 15) is 13.5 Å². The van der Waals surface area contributed by atoms with Crippen molar-refractivity contribution in [3.05, 3.63) is 24.3 Å². The first-order valence-electron chi connectivity index (χ1n) is 7.50. The second-order valence-corrected chi connectivity index (χ2v) is 6.83. The predicted octanol–water partition coefficient (Wildman–Crippen LogP) is -1.85. The van der Waals surface area contributed by atoms with Crippen LogP contribution in [-0.4, -0.2) is 70.6 Å². The van der Waals surface area contributed by atoms with Crippen LogP contribution in [0.5, 0.6) is 5.75 Å². The molecule has 1 aromatic rings. The lowest BCUT2D eigenvalue weighted by Gasteiger charge is -2.35. The van der Waals surface area contributed by atoms with Gasteiger partial charge in [0.2, 0.25) is 0 Å². The molecule has 0 saturated carbocycles. The number of nitrogens with one attached hydrogen (secondary N) is 2. The lowest BCUT2D eigenvalue weighted by molar-refractivity contribution is -0.903. The molecule has 0 spiro atoms. The van der Waals surface area contributed by atoms with E-state index < -0.39 is 16.4 Å². The number of hydrogen-bond donors (Lipinski definition) is 4. The van der Waals surface area contributed by atoms with E-state index in [0.29, 0.717) is 6.54 Å². The summed E-state index contributed by atoms with van der Waals surface area (Å²) in [7, 11) is -2.60. The molecule has 8 nitrogen and oxygen atoms in total. The third kappa shape index (κ3) is 5.63. The summed E-state index contributed by atoms with van der Waals surface area (Å²) >= 11 is 0. The Balaban J connectivity index is 1.82. The fourth-order valence-corrected chi connectivity index (χ4v) is 3.17. The van der Waals surface area contributed by atoms with Crippen LogP contribution in [0.2, 0.25) is 0 Å². The standard InChI is InChI=1S/C14H23N3O5S/c1-22-14-5-3-2-4-13(14)17-8-6-16(7-9-17)11-12(18)10-15-23(19,20)21/h2-5,12,15,18H,6-11H2,1H3,(H,19,20,21)/p+1/t12-/m0/s1. The molecule has 130 valence electrons. The summed E-state index contributed by atoms with van der Waals surface area (Å²) in [6.07, 6.45) is -0.829. The summed E-state index contributed by atoms with van der Waals surface area (Å²) in [4.78, 5) is 3.44. The third-order valence-electron chi connectivity index (χ3n) is 3.92. The molecule has 1 aliphatic rings. The molecule has 1 aliphatic heterocycles. The molecule has 0 aliphatic carbocycles. The van der Waals surface area contributed by atoms with Crippen LogP contribution in [0.1, 0.15) is 0 Å². The number of aliphatic hydroxyl groups excluding tert-OH is 1. The van der Waals surface area contributed by atoms with Crippen LogP contribution >= 0.6 is 0 Å². The second kappa shape index (κ2) is 7.93. The smallest absolute Gasteiger partial charge is 0.333 e. The molecule has 1 heterocycles. The largest absolute Gasteiger partial charge is 0.495 e. The van der Waals surface area contributed by atoms with Gasteiger partial charge in [0, 0.05) is 6.54 Å². The number of piperazine rings is 1. The zero-order valence-electron chi connectivity index (χ0n) is 13.1. The highest BCUT2D eigenvalue weighted by atomic mass is 32.2. The van der Waals surface area contributed by atoms with Gasteiger partial charge < -0.3 is 19.6 Å². The molecule has 1 saturated heterocycles. The molecule has 1 fully saturated rings. The maximum absolute atomic E-state index is 10.6. The maximum Gasteiger partial charge on any atom is 0.333 e. The van der Waals surface area contributed by atoms with E-state index in [1.54, 1.807) is 7.11 Å². The van der Waals surface area contributed by atoms with Crippen molar-refractivity contribution in [1.29, 1.82) is 0 Å². The summed E-state index contributed by atoms with van der Waals surface area (Å²) in [5.74, 6) is 0.841. The van der Waals surface area contributed by atoms with Gasteiger partial charge in [-0.2, -0.15) is 13.1 Å². The van der Waals surface area contributed by atoms with Crippen LogP contribution in [0.4, 0.5) is 5.69 Å². The van der Waals surface area contributed by atoms with E-state index in [1.807, 2.05) is 29.0 Å². The molecule has 1 atom stereocenters. The maximum atomic E-state index is 10.6. The van der Waals surface area contributed by atoms with E-state index in [0.717, 1.165) is 37.6 Å². The zero-order chi connectivity index (χ0) is 16.9. The fourth-order valence-electron chi connectivity index (χ4n) is 2.77. The van der Waals surface area contributed by atoms with Crippen molar-refractivity contribution in [3.63, 3.8) is 0 Å². The number of ether oxygens (including phenoxy) is 1. The number of methoxy groups -OCH3 is 1. The van der Waals surface area contributed by atoms with Crippen molar-refractivity contribution in [2.24, 2.45) is 0 Å². The van der Waals surface area contributed by atoms with Gasteiger partial charge in [-0.3, -0.25) is 4.55 Å². The van der Waals surface area contributed by atoms with Crippen LogP contribution in [-0.2, 0) is 10.3 Å². The lowest BCUT2D eigenvalue weighted by atomic mass is 10.2. The summed E-state index contributed by atoms with van der Waals surface area (Å²) in [5.41, 5.74) is 1.06. The van der Waals surface area contributed by atoms with Gasteiger partial charge in [-0.1, -0.05) is 12.1 Å². The van der Waals surface area contributed by atoms with Gasteiger partial charge in [0.1, 0.15) is 18.4 Å². The van der Waals surface area contributed by atoms with E-state index in [-0.39, 0.29) is 6.54 Å². The first kappa shape index (κ1) is 18.0. The summed E-state index contributed by atoms with van der Waals surface area (Å²) in [6, 6.07) is 7.86. The highest BCUT2D eigenvalue weighted by molar-refractivity contribution is 7.83. The molecule has 0 radical (unpaired) electrons. The first-order chi connectivity index (χ1) is 10.9. The van der Waals surface area contributed by atoms with E-state index in [2.05, 4.69) is 4.90 Å². The van der Waals surface area contributed by atoms with Gasteiger partial charge in [0.15, 0.2) is 0 Å². The minimum atomic E-state index is -4.25. The fraction of sp³-hybridized carbons (Fsp3) is 0.571. The van der Waals surface area contributed by atoms with Crippen molar-refractivity contribution in [2.45, 2.75) is 6.10 Å². The molecule has 9 heteroatoms. The molecule has 1 aromatic carbocycles. The third-order valence-corrected chi connectivity index (χ3v) is 4.45. The van der Waals surface area contributed by atoms with Gasteiger partial charge in [0.25, 0.3) is 0 Å². The Hall–Kier alpha value is -1.39. The van der Waals surface area contributed by atoms with Gasteiger partial charge in [-0.25, -0.2) is 0 Å². The van der Waals surface area contributed by atoms with Crippen LogP contribution in [0.15, 0.2) is 24.3 Å². The number of quaternary nitrogens is 1. The number of hydrogen-bond acceptors (Lipinski definition) is 5. The SMILES string of the molecule is COc1ccccc1N1CC[NH+](C[C@@H](O)CNS(=O)(=O)O)CC1. The Morgan fingerprint density at radius 1 is 1.35 bits per heavy atom. The second-order valence-electron chi connectivity index (χ2n) is 5.59. The highest BCUT2D eigenvalue weighted by Crippen LogP contribution is 2.27. The monoisotopic (exact) mass is 346 g/mol. The van der Waals surface area contributed by atoms with E-state index >= 15 is 0 Å². The molecular formula is C14H24N3O5S+. The minimum Gasteiger partial charge on any atom is -0.495 e. The summed E-state index contributed by atoms with van der Waals surface area (Å²) < 4.78 is 37.1. The number of rotatable bonds is 7. The van der Waals surface area contributed by atoms with Gasteiger partial charge in [0.05, 0.1) is 39.0 Å². The average molecular weight is 346 g/mol. The molecule has 0 amide bonds. The predicted molar refractivity (Wildman–Crippen MR) is 86.3 cm³/mol. The first-order valence-corrected chi connectivity index (χ1v) is 8.94. The van der Waals surface area contributed by atoms with Crippen molar-refractivity contribution < 1.29 is 27.7 Å².